The fourth-order valence-corrected chi connectivity index (χ4v) is 6.09. The number of carboxylic acids is 1. The van der Waals surface area contributed by atoms with Gasteiger partial charge in [-0.15, -0.1) is 21.5 Å². The van der Waals surface area contributed by atoms with Gasteiger partial charge < -0.3 is 5.11 Å². The summed E-state index contributed by atoms with van der Waals surface area (Å²) in [7, 11) is 0. The van der Waals surface area contributed by atoms with Gasteiger partial charge >= 0.3 is 5.97 Å². The Morgan fingerprint density at radius 2 is 1.61 bits per heavy atom. The zero-order valence-corrected chi connectivity index (χ0v) is 21.0. The Balaban J connectivity index is 1.49. The van der Waals surface area contributed by atoms with E-state index in [1.165, 1.54) is 15.6 Å². The average Bonchev–Trinajstić information content (AvgIpc) is 3.35. The molecular formula is C29H24N4O2S. The Hall–Kier alpha value is -4.10. The largest absolute Gasteiger partial charge is 0.481 e. The third-order valence-corrected chi connectivity index (χ3v) is 8.04. The Morgan fingerprint density at radius 3 is 2.36 bits per heavy atom. The summed E-state index contributed by atoms with van der Waals surface area (Å²) in [6.07, 6.45) is -0.149. The lowest BCUT2D eigenvalue weighted by atomic mass is 9.96. The first-order valence-corrected chi connectivity index (χ1v) is 12.6. The molecule has 0 bridgehead atoms. The van der Waals surface area contributed by atoms with Crippen molar-refractivity contribution in [2.45, 2.75) is 33.2 Å². The monoisotopic (exact) mass is 492 g/mol. The topological polar surface area (TPSA) is 80.4 Å². The fraction of sp³-hybridized carbons (Fsp3) is 0.172. The molecule has 1 aliphatic heterocycles. The summed E-state index contributed by atoms with van der Waals surface area (Å²) in [5.41, 5.74) is 6.18. The second-order valence-electron chi connectivity index (χ2n) is 9.13. The van der Waals surface area contributed by atoms with Gasteiger partial charge in [-0.25, -0.2) is 0 Å². The summed E-state index contributed by atoms with van der Waals surface area (Å²) in [6.45, 7) is 6.09. The van der Waals surface area contributed by atoms with Gasteiger partial charge in [-0.3, -0.25) is 14.4 Å². The average molecular weight is 493 g/mol. The summed E-state index contributed by atoms with van der Waals surface area (Å²) in [5.74, 6) is 0.381. The number of thiophene rings is 1. The van der Waals surface area contributed by atoms with Gasteiger partial charge in [0.1, 0.15) is 16.9 Å². The van der Waals surface area contributed by atoms with Crippen molar-refractivity contribution in [3.05, 3.63) is 99.9 Å². The molecule has 6 rings (SSSR count). The van der Waals surface area contributed by atoms with Crippen LogP contribution in [0.1, 0.15) is 45.7 Å². The lowest BCUT2D eigenvalue weighted by molar-refractivity contribution is -0.137. The Bertz CT molecular complexity index is 1680. The minimum atomic E-state index is -0.917. The number of aliphatic carboxylic acids is 1. The maximum Gasteiger partial charge on any atom is 0.306 e. The first kappa shape index (κ1) is 22.4. The van der Waals surface area contributed by atoms with Crippen molar-refractivity contribution in [2.75, 3.05) is 0 Å². The number of benzene rings is 3. The highest BCUT2D eigenvalue weighted by molar-refractivity contribution is 7.15. The standard InChI is InChI=1S/C29H24N4O2S/c1-16-17(2)36-29-26(16)27(30-24(15-25(34)35)28-32-31-18(3)33(28)29)21-11-8-20(9-12-21)23-13-10-19-6-4-5-7-22(19)14-23/h4-14,24H,15H2,1-3H3,(H,34,35)/t24-/m0/s1. The molecule has 2 aromatic heterocycles. The lowest BCUT2D eigenvalue weighted by Gasteiger charge is -2.12. The molecule has 0 unspecified atom stereocenters. The quantitative estimate of drug-likeness (QED) is 0.313. The van der Waals surface area contributed by atoms with Crippen molar-refractivity contribution in [3.63, 3.8) is 0 Å². The Kier molecular flexibility index (Phi) is 5.30. The number of aliphatic imine (C=N–C) groups is 1. The second-order valence-corrected chi connectivity index (χ2v) is 10.3. The summed E-state index contributed by atoms with van der Waals surface area (Å²) >= 11 is 1.67. The number of hydrogen-bond acceptors (Lipinski definition) is 5. The molecule has 0 amide bonds. The number of carboxylic acid groups (broad SMARTS) is 1. The lowest BCUT2D eigenvalue weighted by Crippen LogP contribution is -2.10. The van der Waals surface area contributed by atoms with Crippen LogP contribution in [0.2, 0.25) is 0 Å². The third-order valence-electron chi connectivity index (χ3n) is 6.85. The van der Waals surface area contributed by atoms with Crippen molar-refractivity contribution in [1.82, 2.24) is 14.8 Å². The number of carbonyl (C=O) groups is 1. The molecule has 6 nitrogen and oxygen atoms in total. The zero-order chi connectivity index (χ0) is 25.0. The van der Waals surface area contributed by atoms with Gasteiger partial charge in [0.25, 0.3) is 0 Å². The molecule has 0 radical (unpaired) electrons. The van der Waals surface area contributed by atoms with Crippen molar-refractivity contribution >= 4 is 33.8 Å². The molecule has 0 fully saturated rings. The van der Waals surface area contributed by atoms with Gasteiger partial charge in [-0.2, -0.15) is 0 Å². The van der Waals surface area contributed by atoms with Gasteiger partial charge in [0.15, 0.2) is 5.82 Å². The molecule has 0 saturated carbocycles. The number of hydrogen-bond donors (Lipinski definition) is 1. The van der Waals surface area contributed by atoms with E-state index in [0.717, 1.165) is 44.4 Å². The van der Waals surface area contributed by atoms with E-state index in [1.54, 1.807) is 11.3 Å². The molecule has 0 spiro atoms. The molecule has 178 valence electrons. The third kappa shape index (κ3) is 3.63. The van der Waals surface area contributed by atoms with Crippen molar-refractivity contribution in [3.8, 4) is 16.1 Å². The predicted molar refractivity (Wildman–Crippen MR) is 143 cm³/mol. The van der Waals surface area contributed by atoms with E-state index in [-0.39, 0.29) is 6.42 Å². The van der Waals surface area contributed by atoms with E-state index in [0.29, 0.717) is 5.82 Å². The minimum absolute atomic E-state index is 0.149. The highest BCUT2D eigenvalue weighted by Crippen LogP contribution is 2.39. The van der Waals surface area contributed by atoms with Crippen LogP contribution < -0.4 is 0 Å². The van der Waals surface area contributed by atoms with Gasteiger partial charge in [0.05, 0.1) is 12.1 Å². The molecule has 1 atom stereocenters. The SMILES string of the molecule is Cc1sc2c(c1C)C(c1ccc(-c3ccc4ccccc4c3)cc1)=N[C@@H](CC(=O)O)c1nnc(C)n1-2. The molecule has 1 aliphatic rings. The number of fused-ring (bicyclic) bond motifs is 4. The molecule has 36 heavy (non-hydrogen) atoms. The van der Waals surface area contributed by atoms with E-state index in [1.807, 2.05) is 17.6 Å². The van der Waals surface area contributed by atoms with Gasteiger partial charge in [-0.1, -0.05) is 60.7 Å². The fourth-order valence-electron chi connectivity index (χ4n) is 4.88. The molecule has 3 heterocycles. The Labute approximate surface area is 212 Å². The number of aryl methyl sites for hydroxylation is 2. The summed E-state index contributed by atoms with van der Waals surface area (Å²) < 4.78 is 1.98. The van der Waals surface area contributed by atoms with Crippen LogP contribution in [0.25, 0.3) is 26.9 Å². The molecule has 0 aliphatic carbocycles. The van der Waals surface area contributed by atoms with Crippen LogP contribution in [0, 0.1) is 20.8 Å². The number of rotatable bonds is 4. The molecule has 3 aromatic carbocycles. The van der Waals surface area contributed by atoms with Crippen LogP contribution in [0.4, 0.5) is 0 Å². The van der Waals surface area contributed by atoms with Gasteiger partial charge in [0.2, 0.25) is 0 Å². The van der Waals surface area contributed by atoms with E-state index in [9.17, 15) is 9.90 Å². The van der Waals surface area contributed by atoms with Gasteiger partial charge in [0, 0.05) is 16.0 Å². The summed E-state index contributed by atoms with van der Waals surface area (Å²) in [4.78, 5) is 18.0. The predicted octanol–water partition coefficient (Wildman–Crippen LogP) is 6.44. The normalized spacial score (nSPS) is 14.8. The molecule has 5 aromatic rings. The highest BCUT2D eigenvalue weighted by Gasteiger charge is 2.32. The van der Waals surface area contributed by atoms with Crippen LogP contribution in [0.15, 0.2) is 71.7 Å². The van der Waals surface area contributed by atoms with Crippen molar-refractivity contribution in [2.24, 2.45) is 4.99 Å². The first-order chi connectivity index (χ1) is 17.4. The molecular weight excluding hydrogens is 468 g/mol. The van der Waals surface area contributed by atoms with Crippen LogP contribution in [0.3, 0.4) is 0 Å². The first-order valence-electron chi connectivity index (χ1n) is 11.8. The summed E-state index contributed by atoms with van der Waals surface area (Å²) in [5, 5.41) is 21.6. The zero-order valence-electron chi connectivity index (χ0n) is 20.2. The second kappa shape index (κ2) is 8.53. The van der Waals surface area contributed by atoms with E-state index < -0.39 is 12.0 Å². The highest BCUT2D eigenvalue weighted by atomic mass is 32.1. The van der Waals surface area contributed by atoms with E-state index in [2.05, 4.69) is 84.7 Å². The molecule has 7 heteroatoms. The maximum atomic E-state index is 11.7. The molecule has 1 N–H and O–H groups in total. The van der Waals surface area contributed by atoms with Crippen LogP contribution >= 0.6 is 11.3 Å². The van der Waals surface area contributed by atoms with Gasteiger partial charge in [-0.05, 0) is 54.3 Å². The Morgan fingerprint density at radius 1 is 0.917 bits per heavy atom. The van der Waals surface area contributed by atoms with Crippen LogP contribution in [0.5, 0.6) is 0 Å². The van der Waals surface area contributed by atoms with E-state index in [4.69, 9.17) is 4.99 Å². The van der Waals surface area contributed by atoms with Crippen molar-refractivity contribution in [1.29, 1.82) is 0 Å². The minimum Gasteiger partial charge on any atom is -0.481 e. The van der Waals surface area contributed by atoms with Crippen LogP contribution in [-0.4, -0.2) is 31.6 Å². The number of aromatic nitrogens is 3. The molecule has 0 saturated heterocycles. The number of nitrogens with zero attached hydrogens (tertiary/aromatic N) is 4. The summed E-state index contributed by atoms with van der Waals surface area (Å²) in [6, 6.07) is 22.6. The van der Waals surface area contributed by atoms with Crippen molar-refractivity contribution < 1.29 is 9.90 Å². The van der Waals surface area contributed by atoms with E-state index >= 15 is 0 Å². The maximum absolute atomic E-state index is 11.7. The van der Waals surface area contributed by atoms with Crippen LogP contribution in [-0.2, 0) is 4.79 Å². The smallest absolute Gasteiger partial charge is 0.306 e.